The molecule has 0 radical (unpaired) electrons. The van der Waals surface area contributed by atoms with Crippen LogP contribution in [0.5, 0.6) is 5.75 Å². The molecule has 0 aliphatic heterocycles. The summed E-state index contributed by atoms with van der Waals surface area (Å²) in [6, 6.07) is 11.2. The Kier molecular flexibility index (Phi) is 4.84. The van der Waals surface area contributed by atoms with Gasteiger partial charge in [-0.15, -0.1) is 0 Å². The minimum atomic E-state index is -0.0121. The summed E-state index contributed by atoms with van der Waals surface area (Å²) in [6.07, 6.45) is 0. The number of ether oxygens (including phenoxy) is 1. The average molecular weight is 354 g/mol. The first-order valence-electron chi connectivity index (χ1n) is 6.15. The molecule has 0 saturated carbocycles. The van der Waals surface area contributed by atoms with Crippen molar-refractivity contribution in [1.29, 1.82) is 0 Å². The highest BCUT2D eigenvalue weighted by Gasteiger charge is 2.10. The van der Waals surface area contributed by atoms with E-state index >= 15 is 0 Å². The normalized spacial score (nSPS) is 10.4. The van der Waals surface area contributed by atoms with Gasteiger partial charge < -0.3 is 4.74 Å². The van der Waals surface area contributed by atoms with Crippen LogP contribution in [-0.2, 0) is 6.61 Å². The molecule has 0 aliphatic rings. The lowest BCUT2D eigenvalue weighted by Crippen LogP contribution is -2.02. The highest BCUT2D eigenvalue weighted by atomic mass is 79.9. The molecule has 0 aliphatic carbocycles. The molecule has 104 valence electrons. The maximum absolute atomic E-state index is 11.6. The van der Waals surface area contributed by atoms with E-state index in [0.717, 1.165) is 15.6 Å². The van der Waals surface area contributed by atoms with Crippen LogP contribution in [0.25, 0.3) is 0 Å². The summed E-state index contributed by atoms with van der Waals surface area (Å²) in [4.78, 5) is 11.6. The van der Waals surface area contributed by atoms with Gasteiger partial charge in [0, 0.05) is 15.1 Å². The van der Waals surface area contributed by atoms with Gasteiger partial charge in [0.05, 0.1) is 5.56 Å². The molecule has 2 aromatic rings. The lowest BCUT2D eigenvalue weighted by atomic mass is 10.1. The Labute approximate surface area is 131 Å². The van der Waals surface area contributed by atoms with Gasteiger partial charge in [-0.1, -0.05) is 39.7 Å². The second kappa shape index (κ2) is 6.42. The van der Waals surface area contributed by atoms with Crippen LogP contribution >= 0.6 is 27.5 Å². The predicted octanol–water partition coefficient (Wildman–Crippen LogP) is 5.19. The first kappa shape index (κ1) is 15.1. The van der Waals surface area contributed by atoms with Crippen molar-refractivity contribution in [3.05, 3.63) is 62.6 Å². The van der Waals surface area contributed by atoms with E-state index in [4.69, 9.17) is 16.3 Å². The number of ketones is 1. The van der Waals surface area contributed by atoms with Crippen molar-refractivity contribution in [2.45, 2.75) is 20.5 Å². The van der Waals surface area contributed by atoms with E-state index in [-0.39, 0.29) is 5.78 Å². The molecule has 2 nitrogen and oxygen atoms in total. The van der Waals surface area contributed by atoms with Gasteiger partial charge in [-0.25, -0.2) is 0 Å². The molecule has 0 spiro atoms. The average Bonchev–Trinajstić information content (AvgIpc) is 2.37. The fourth-order valence-corrected chi connectivity index (χ4v) is 2.56. The third kappa shape index (κ3) is 3.62. The first-order chi connectivity index (χ1) is 9.47. The number of hydrogen-bond donors (Lipinski definition) is 0. The molecule has 0 bridgehead atoms. The van der Waals surface area contributed by atoms with Crippen LogP contribution in [0.3, 0.4) is 0 Å². The van der Waals surface area contributed by atoms with Crippen LogP contribution in [0, 0.1) is 6.92 Å². The summed E-state index contributed by atoms with van der Waals surface area (Å²) in [5.41, 5.74) is 2.52. The highest BCUT2D eigenvalue weighted by molar-refractivity contribution is 9.10. The second-order valence-electron chi connectivity index (χ2n) is 4.58. The van der Waals surface area contributed by atoms with Crippen molar-refractivity contribution in [3.63, 3.8) is 0 Å². The predicted molar refractivity (Wildman–Crippen MR) is 84.7 cm³/mol. The number of Topliss-reactive ketones (excluding diaryl/α,β-unsaturated/α-hetero) is 1. The third-order valence-corrected chi connectivity index (χ3v) is 3.76. The summed E-state index contributed by atoms with van der Waals surface area (Å²) in [6.45, 7) is 3.82. The molecule has 2 rings (SSSR count). The van der Waals surface area contributed by atoms with Crippen molar-refractivity contribution in [3.8, 4) is 5.75 Å². The largest absolute Gasteiger partial charge is 0.488 e. The lowest BCUT2D eigenvalue weighted by Gasteiger charge is -2.12. The quantitative estimate of drug-likeness (QED) is 0.707. The zero-order chi connectivity index (χ0) is 14.7. The smallest absolute Gasteiger partial charge is 0.163 e. The van der Waals surface area contributed by atoms with E-state index in [0.29, 0.717) is 22.9 Å². The Balaban J connectivity index is 2.22. The monoisotopic (exact) mass is 352 g/mol. The van der Waals surface area contributed by atoms with Crippen LogP contribution in [0.15, 0.2) is 40.9 Å². The summed E-state index contributed by atoms with van der Waals surface area (Å²) in [5, 5.41) is 0.636. The Bertz CT molecular complexity index is 653. The molecule has 0 atom stereocenters. The van der Waals surface area contributed by atoms with Crippen molar-refractivity contribution in [2.24, 2.45) is 0 Å². The van der Waals surface area contributed by atoms with Crippen LogP contribution < -0.4 is 4.74 Å². The Morgan fingerprint density at radius 3 is 2.65 bits per heavy atom. The van der Waals surface area contributed by atoms with Gasteiger partial charge in [-0.3, -0.25) is 4.79 Å². The van der Waals surface area contributed by atoms with Gasteiger partial charge in [0.2, 0.25) is 0 Å². The third-order valence-electron chi connectivity index (χ3n) is 2.91. The molecule has 0 heterocycles. The molecule has 4 heteroatoms. The van der Waals surface area contributed by atoms with Gasteiger partial charge in [0.1, 0.15) is 12.4 Å². The van der Waals surface area contributed by atoms with E-state index in [1.165, 1.54) is 6.92 Å². The number of carbonyl (C=O) groups is 1. The number of aryl methyl sites for hydroxylation is 1. The fraction of sp³-hybridized carbons (Fsp3) is 0.188. The molecule has 0 aromatic heterocycles. The van der Waals surface area contributed by atoms with Crippen LogP contribution in [0.2, 0.25) is 5.02 Å². The van der Waals surface area contributed by atoms with Crippen molar-refractivity contribution >= 4 is 33.3 Å². The van der Waals surface area contributed by atoms with Crippen LogP contribution in [0.1, 0.15) is 28.4 Å². The number of halogens is 2. The van der Waals surface area contributed by atoms with Gasteiger partial charge in [0.25, 0.3) is 0 Å². The second-order valence-corrected chi connectivity index (χ2v) is 5.90. The Morgan fingerprint density at radius 2 is 2.00 bits per heavy atom. The molecule has 20 heavy (non-hydrogen) atoms. The number of benzene rings is 2. The SMILES string of the molecule is CC(=O)c1ccc(C)cc1OCc1ccc(Br)cc1Cl. The van der Waals surface area contributed by atoms with E-state index in [1.807, 2.05) is 37.3 Å². The van der Waals surface area contributed by atoms with Crippen LogP contribution in [-0.4, -0.2) is 5.78 Å². The number of hydrogen-bond acceptors (Lipinski definition) is 2. The van der Waals surface area contributed by atoms with Crippen molar-refractivity contribution in [2.75, 3.05) is 0 Å². The van der Waals surface area contributed by atoms with Gasteiger partial charge in [0.15, 0.2) is 5.78 Å². The molecule has 0 saturated heterocycles. The maximum Gasteiger partial charge on any atom is 0.163 e. The Morgan fingerprint density at radius 1 is 1.25 bits per heavy atom. The van der Waals surface area contributed by atoms with E-state index < -0.39 is 0 Å². The zero-order valence-electron chi connectivity index (χ0n) is 11.2. The molecular formula is C16H14BrClO2. The highest BCUT2D eigenvalue weighted by Crippen LogP contribution is 2.25. The summed E-state index contributed by atoms with van der Waals surface area (Å²) >= 11 is 9.52. The standard InChI is InChI=1S/C16H14BrClO2/c1-10-3-6-14(11(2)19)16(7-10)20-9-12-4-5-13(17)8-15(12)18/h3-8H,9H2,1-2H3. The zero-order valence-corrected chi connectivity index (χ0v) is 13.6. The van der Waals surface area contributed by atoms with E-state index in [1.54, 1.807) is 6.07 Å². The topological polar surface area (TPSA) is 26.3 Å². The van der Waals surface area contributed by atoms with E-state index in [2.05, 4.69) is 15.9 Å². The van der Waals surface area contributed by atoms with Gasteiger partial charge >= 0.3 is 0 Å². The van der Waals surface area contributed by atoms with Gasteiger partial charge in [-0.05, 0) is 43.7 Å². The first-order valence-corrected chi connectivity index (χ1v) is 7.33. The fourth-order valence-electron chi connectivity index (χ4n) is 1.83. The number of rotatable bonds is 4. The number of carbonyl (C=O) groups excluding carboxylic acids is 1. The molecule has 0 amide bonds. The molecule has 0 fully saturated rings. The minimum absolute atomic E-state index is 0.0121. The molecule has 0 N–H and O–H groups in total. The Hall–Kier alpha value is -1.32. The molecule has 0 unspecified atom stereocenters. The van der Waals surface area contributed by atoms with E-state index in [9.17, 15) is 4.79 Å². The van der Waals surface area contributed by atoms with Crippen molar-refractivity contribution in [1.82, 2.24) is 0 Å². The summed E-state index contributed by atoms with van der Waals surface area (Å²) in [7, 11) is 0. The van der Waals surface area contributed by atoms with Crippen LogP contribution in [0.4, 0.5) is 0 Å². The summed E-state index contributed by atoms with van der Waals surface area (Å²) < 4.78 is 6.69. The summed E-state index contributed by atoms with van der Waals surface area (Å²) in [5.74, 6) is 0.582. The molecular weight excluding hydrogens is 340 g/mol. The lowest BCUT2D eigenvalue weighted by molar-refractivity contribution is 0.101. The minimum Gasteiger partial charge on any atom is -0.488 e. The molecule has 2 aromatic carbocycles. The van der Waals surface area contributed by atoms with Crippen molar-refractivity contribution < 1.29 is 9.53 Å². The van der Waals surface area contributed by atoms with Gasteiger partial charge in [-0.2, -0.15) is 0 Å². The maximum atomic E-state index is 11.6.